The van der Waals surface area contributed by atoms with E-state index in [0.717, 1.165) is 16.3 Å². The molecular weight excluding hydrogens is 254 g/mol. The van der Waals surface area contributed by atoms with E-state index in [-0.39, 0.29) is 17.9 Å². The molecule has 1 rings (SSSR count). The molecule has 0 aliphatic heterocycles. The summed E-state index contributed by atoms with van der Waals surface area (Å²) in [7, 11) is 0. The van der Waals surface area contributed by atoms with Crippen molar-refractivity contribution in [1.82, 2.24) is 0 Å². The molecule has 2 atom stereocenters. The smallest absolute Gasteiger partial charge is 0.0565 e. The van der Waals surface area contributed by atoms with Crippen LogP contribution in [0.1, 0.15) is 19.4 Å². The number of aliphatic hydroxyl groups is 1. The molecule has 0 bridgehead atoms. The third-order valence-electron chi connectivity index (χ3n) is 2.79. The number of thioether (sulfide) groups is 1. The first-order valence-corrected chi connectivity index (χ1v) is 7.20. The number of hydrogen-bond acceptors (Lipinski definition) is 3. The van der Waals surface area contributed by atoms with Gasteiger partial charge in [0.25, 0.3) is 0 Å². The Balaban J connectivity index is 2.56. The van der Waals surface area contributed by atoms with Crippen molar-refractivity contribution in [3.63, 3.8) is 0 Å². The highest BCUT2D eigenvalue weighted by atomic mass is 35.5. The number of nitrogens with two attached hydrogens (primary N) is 1. The maximum atomic E-state index is 9.36. The lowest BCUT2D eigenvalue weighted by Gasteiger charge is -2.24. The first-order chi connectivity index (χ1) is 8.06. The molecule has 0 saturated heterocycles. The summed E-state index contributed by atoms with van der Waals surface area (Å²) in [6.45, 7) is 4.25. The van der Waals surface area contributed by atoms with Crippen LogP contribution in [0.4, 0.5) is 0 Å². The minimum atomic E-state index is 0.00693. The van der Waals surface area contributed by atoms with E-state index in [9.17, 15) is 5.11 Å². The number of rotatable bonds is 6. The van der Waals surface area contributed by atoms with Gasteiger partial charge in [-0.25, -0.2) is 0 Å². The zero-order chi connectivity index (χ0) is 12.8. The third-order valence-corrected chi connectivity index (χ3v) is 4.53. The summed E-state index contributed by atoms with van der Waals surface area (Å²) in [5.41, 5.74) is 7.15. The van der Waals surface area contributed by atoms with Crippen molar-refractivity contribution in [2.24, 2.45) is 11.7 Å². The van der Waals surface area contributed by atoms with Crippen LogP contribution in [0.25, 0.3) is 0 Å². The van der Waals surface area contributed by atoms with Crippen LogP contribution in [0.2, 0.25) is 5.02 Å². The molecule has 0 saturated carbocycles. The van der Waals surface area contributed by atoms with Crippen LogP contribution in [0.3, 0.4) is 0 Å². The molecule has 0 amide bonds. The van der Waals surface area contributed by atoms with Gasteiger partial charge < -0.3 is 10.8 Å². The molecule has 2 nitrogen and oxygen atoms in total. The second-order valence-electron chi connectivity index (χ2n) is 4.44. The van der Waals surface area contributed by atoms with Crippen LogP contribution >= 0.6 is 23.4 Å². The SMILES string of the molecule is CC(C)C(N)C(CO)SCc1ccccc1Cl. The zero-order valence-corrected chi connectivity index (χ0v) is 11.8. The van der Waals surface area contributed by atoms with Crippen LogP contribution < -0.4 is 5.73 Å². The molecule has 0 radical (unpaired) electrons. The quantitative estimate of drug-likeness (QED) is 0.838. The Kier molecular flexibility index (Phi) is 6.34. The molecule has 0 aliphatic carbocycles. The molecule has 3 N–H and O–H groups in total. The largest absolute Gasteiger partial charge is 0.395 e. The summed E-state index contributed by atoms with van der Waals surface area (Å²) in [5.74, 6) is 1.15. The molecule has 0 spiro atoms. The number of benzene rings is 1. The van der Waals surface area contributed by atoms with E-state index < -0.39 is 0 Å². The molecule has 4 heteroatoms. The third kappa shape index (κ3) is 4.51. The van der Waals surface area contributed by atoms with E-state index in [1.54, 1.807) is 11.8 Å². The Labute approximate surface area is 113 Å². The fourth-order valence-electron chi connectivity index (χ4n) is 1.53. The molecule has 0 aromatic heterocycles. The minimum absolute atomic E-state index is 0.00693. The van der Waals surface area contributed by atoms with E-state index in [1.807, 2.05) is 24.3 Å². The predicted octanol–water partition coefficient (Wildman–Crippen LogP) is 2.92. The van der Waals surface area contributed by atoms with Gasteiger partial charge in [0, 0.05) is 22.1 Å². The Bertz CT molecular complexity index is 346. The van der Waals surface area contributed by atoms with Crippen molar-refractivity contribution < 1.29 is 5.11 Å². The fourth-order valence-corrected chi connectivity index (χ4v) is 3.10. The number of aliphatic hydroxyl groups excluding tert-OH is 1. The second kappa shape index (κ2) is 7.27. The lowest BCUT2D eigenvalue weighted by atomic mass is 10.0. The fraction of sp³-hybridized carbons (Fsp3) is 0.538. The van der Waals surface area contributed by atoms with Crippen molar-refractivity contribution in [2.45, 2.75) is 30.9 Å². The zero-order valence-electron chi connectivity index (χ0n) is 10.3. The van der Waals surface area contributed by atoms with Crippen molar-refractivity contribution >= 4 is 23.4 Å². The van der Waals surface area contributed by atoms with Crippen molar-refractivity contribution in [3.05, 3.63) is 34.9 Å². The lowest BCUT2D eigenvalue weighted by Crippen LogP contribution is -2.39. The Hall–Kier alpha value is -0.220. The van der Waals surface area contributed by atoms with Crippen molar-refractivity contribution in [3.8, 4) is 0 Å². The Morgan fingerprint density at radius 2 is 2.00 bits per heavy atom. The van der Waals surface area contributed by atoms with Gasteiger partial charge in [-0.15, -0.1) is 11.8 Å². The van der Waals surface area contributed by atoms with Crippen LogP contribution in [0, 0.1) is 5.92 Å². The van der Waals surface area contributed by atoms with Crippen LogP contribution in [0.15, 0.2) is 24.3 Å². The monoisotopic (exact) mass is 273 g/mol. The molecule has 96 valence electrons. The maximum Gasteiger partial charge on any atom is 0.0565 e. The molecular formula is C13H20ClNOS. The molecule has 17 heavy (non-hydrogen) atoms. The van der Waals surface area contributed by atoms with E-state index >= 15 is 0 Å². The normalized spacial score (nSPS) is 14.9. The van der Waals surface area contributed by atoms with Gasteiger partial charge in [0.1, 0.15) is 0 Å². The molecule has 0 fully saturated rings. The van der Waals surface area contributed by atoms with Crippen molar-refractivity contribution in [2.75, 3.05) is 6.61 Å². The number of hydrogen-bond donors (Lipinski definition) is 2. The van der Waals surface area contributed by atoms with Gasteiger partial charge in [-0.2, -0.15) is 0 Å². The average Bonchev–Trinajstić information content (AvgIpc) is 2.31. The number of halogens is 1. The highest BCUT2D eigenvalue weighted by Crippen LogP contribution is 2.26. The van der Waals surface area contributed by atoms with Crippen LogP contribution in [0.5, 0.6) is 0 Å². The van der Waals surface area contributed by atoms with E-state index in [4.69, 9.17) is 17.3 Å². The first kappa shape index (κ1) is 14.8. The van der Waals surface area contributed by atoms with Crippen LogP contribution in [-0.2, 0) is 5.75 Å². The van der Waals surface area contributed by atoms with Gasteiger partial charge in [-0.3, -0.25) is 0 Å². The average molecular weight is 274 g/mol. The summed E-state index contributed by atoms with van der Waals surface area (Å²) in [5, 5.41) is 10.2. The van der Waals surface area contributed by atoms with Gasteiger partial charge in [0.15, 0.2) is 0 Å². The summed E-state index contributed by atoms with van der Waals surface area (Å²) in [6, 6.07) is 7.78. The summed E-state index contributed by atoms with van der Waals surface area (Å²) >= 11 is 7.75. The van der Waals surface area contributed by atoms with Gasteiger partial charge in [0.2, 0.25) is 0 Å². The minimum Gasteiger partial charge on any atom is -0.395 e. The predicted molar refractivity (Wildman–Crippen MR) is 76.4 cm³/mol. The summed E-state index contributed by atoms with van der Waals surface area (Å²) in [4.78, 5) is 0. The van der Waals surface area contributed by atoms with Crippen molar-refractivity contribution in [1.29, 1.82) is 0 Å². The molecule has 0 aliphatic rings. The van der Waals surface area contributed by atoms with E-state index in [2.05, 4.69) is 13.8 Å². The second-order valence-corrected chi connectivity index (χ2v) is 6.08. The summed E-state index contributed by atoms with van der Waals surface area (Å²) in [6.07, 6.45) is 0. The maximum absolute atomic E-state index is 9.36. The van der Waals surface area contributed by atoms with Gasteiger partial charge in [0.05, 0.1) is 6.61 Å². The van der Waals surface area contributed by atoms with Crippen LogP contribution in [-0.4, -0.2) is 23.0 Å². The van der Waals surface area contributed by atoms with Gasteiger partial charge in [-0.05, 0) is 17.5 Å². The Morgan fingerprint density at radius 3 is 2.53 bits per heavy atom. The lowest BCUT2D eigenvalue weighted by molar-refractivity contribution is 0.269. The molecule has 1 aromatic carbocycles. The van der Waals surface area contributed by atoms with Gasteiger partial charge >= 0.3 is 0 Å². The highest BCUT2D eigenvalue weighted by Gasteiger charge is 2.20. The van der Waals surface area contributed by atoms with Gasteiger partial charge in [-0.1, -0.05) is 43.6 Å². The first-order valence-electron chi connectivity index (χ1n) is 5.77. The topological polar surface area (TPSA) is 46.2 Å². The molecule has 1 aromatic rings. The van der Waals surface area contributed by atoms with E-state index in [1.165, 1.54) is 0 Å². The standard InChI is InChI=1S/C13H20ClNOS/c1-9(2)13(15)12(7-16)17-8-10-5-3-4-6-11(10)14/h3-6,9,12-13,16H,7-8,15H2,1-2H3. The van der Waals surface area contributed by atoms with E-state index in [0.29, 0.717) is 5.92 Å². The molecule has 2 unspecified atom stereocenters. The highest BCUT2D eigenvalue weighted by molar-refractivity contribution is 7.99. The summed E-state index contributed by atoms with van der Waals surface area (Å²) < 4.78 is 0. The Morgan fingerprint density at radius 1 is 1.35 bits per heavy atom. The molecule has 0 heterocycles.